The maximum atomic E-state index is 6.35. The fraction of sp³-hybridized carbons (Fsp3) is 0.625. The normalized spacial score (nSPS) is 31.4. The molecule has 0 amide bonds. The van der Waals surface area contributed by atoms with Crippen LogP contribution in [0, 0.1) is 12.8 Å². The lowest BCUT2D eigenvalue weighted by Gasteiger charge is -2.42. The average molecular weight is 245 g/mol. The lowest BCUT2D eigenvalue weighted by molar-refractivity contribution is 0.0171. The molecular weight excluding hydrogens is 222 g/mol. The van der Waals surface area contributed by atoms with E-state index in [1.807, 2.05) is 0 Å². The van der Waals surface area contributed by atoms with Gasteiger partial charge in [-0.1, -0.05) is 37.0 Å². The summed E-state index contributed by atoms with van der Waals surface area (Å²) in [5, 5.41) is 0. The minimum atomic E-state index is -0.0627. The summed E-state index contributed by atoms with van der Waals surface area (Å²) >= 11 is 0. The Morgan fingerprint density at radius 1 is 1.39 bits per heavy atom. The van der Waals surface area contributed by atoms with Crippen LogP contribution in [0.25, 0.3) is 0 Å². The Kier molecular flexibility index (Phi) is 2.86. The minimum absolute atomic E-state index is 0.0627. The van der Waals surface area contributed by atoms with Gasteiger partial charge in [0, 0.05) is 18.0 Å². The van der Waals surface area contributed by atoms with Crippen molar-refractivity contribution in [2.75, 3.05) is 0 Å². The van der Waals surface area contributed by atoms with Gasteiger partial charge in [-0.25, -0.2) is 0 Å². The van der Waals surface area contributed by atoms with E-state index in [-0.39, 0.29) is 11.6 Å². The van der Waals surface area contributed by atoms with Crippen molar-refractivity contribution in [3.63, 3.8) is 0 Å². The second-order valence-corrected chi connectivity index (χ2v) is 6.40. The van der Waals surface area contributed by atoms with Gasteiger partial charge in [0.05, 0.1) is 0 Å². The van der Waals surface area contributed by atoms with Gasteiger partial charge >= 0.3 is 0 Å². The van der Waals surface area contributed by atoms with Crippen LogP contribution in [0.5, 0.6) is 5.75 Å². The van der Waals surface area contributed by atoms with Crippen molar-refractivity contribution in [1.82, 2.24) is 0 Å². The van der Waals surface area contributed by atoms with Crippen molar-refractivity contribution in [1.29, 1.82) is 0 Å². The molecule has 0 spiro atoms. The van der Waals surface area contributed by atoms with E-state index in [0.717, 1.165) is 24.5 Å². The van der Waals surface area contributed by atoms with Crippen molar-refractivity contribution in [2.45, 2.75) is 57.6 Å². The molecule has 1 aromatic carbocycles. The van der Waals surface area contributed by atoms with Gasteiger partial charge in [-0.15, -0.1) is 0 Å². The second-order valence-electron chi connectivity index (χ2n) is 6.40. The van der Waals surface area contributed by atoms with Crippen LogP contribution in [0.1, 0.15) is 56.2 Å². The lowest BCUT2D eigenvalue weighted by Crippen LogP contribution is -2.42. The SMILES string of the molecule is Cc1ccc2c(c1)[C@H](N)CC(C)(CC1CCC1)O2. The molecule has 2 N–H and O–H groups in total. The van der Waals surface area contributed by atoms with Gasteiger partial charge in [-0.05, 0) is 32.3 Å². The predicted octanol–water partition coefficient (Wildman–Crippen LogP) is 3.73. The molecule has 2 aliphatic rings. The Hall–Kier alpha value is -1.02. The van der Waals surface area contributed by atoms with Crippen LogP contribution >= 0.6 is 0 Å². The molecule has 1 aliphatic carbocycles. The molecule has 2 nitrogen and oxygen atoms in total. The highest BCUT2D eigenvalue weighted by Crippen LogP contribution is 2.44. The van der Waals surface area contributed by atoms with Gasteiger partial charge in [0.2, 0.25) is 0 Å². The van der Waals surface area contributed by atoms with Crippen molar-refractivity contribution < 1.29 is 4.74 Å². The average Bonchev–Trinajstić information content (AvgIpc) is 2.25. The number of aryl methyl sites for hydroxylation is 1. The van der Waals surface area contributed by atoms with E-state index in [1.54, 1.807) is 0 Å². The van der Waals surface area contributed by atoms with E-state index in [4.69, 9.17) is 10.5 Å². The summed E-state index contributed by atoms with van der Waals surface area (Å²) in [6.45, 7) is 4.34. The molecule has 0 bridgehead atoms. The molecule has 18 heavy (non-hydrogen) atoms. The first-order valence-corrected chi connectivity index (χ1v) is 7.11. The molecule has 2 heteroatoms. The quantitative estimate of drug-likeness (QED) is 0.861. The highest BCUT2D eigenvalue weighted by atomic mass is 16.5. The van der Waals surface area contributed by atoms with Crippen LogP contribution in [-0.4, -0.2) is 5.60 Å². The van der Waals surface area contributed by atoms with Gasteiger partial charge in [-0.3, -0.25) is 0 Å². The standard InChI is InChI=1S/C16H23NO/c1-11-6-7-15-13(8-11)14(17)10-16(2,18-15)9-12-4-3-5-12/h6-8,12,14H,3-5,9-10,17H2,1-2H3/t14-,16?/m1/s1. The number of hydrogen-bond acceptors (Lipinski definition) is 2. The van der Waals surface area contributed by atoms with E-state index in [2.05, 4.69) is 32.0 Å². The number of nitrogens with two attached hydrogens (primary N) is 1. The molecule has 1 saturated carbocycles. The first kappa shape index (κ1) is 12.0. The van der Waals surface area contributed by atoms with Crippen molar-refractivity contribution >= 4 is 0 Å². The Morgan fingerprint density at radius 3 is 2.83 bits per heavy atom. The number of rotatable bonds is 2. The van der Waals surface area contributed by atoms with E-state index < -0.39 is 0 Å². The molecule has 0 radical (unpaired) electrons. The van der Waals surface area contributed by atoms with Crippen LogP contribution in [0.2, 0.25) is 0 Å². The molecule has 2 atom stereocenters. The monoisotopic (exact) mass is 245 g/mol. The minimum Gasteiger partial charge on any atom is -0.487 e. The maximum Gasteiger partial charge on any atom is 0.124 e. The summed E-state index contributed by atoms with van der Waals surface area (Å²) < 4.78 is 6.27. The van der Waals surface area contributed by atoms with E-state index in [1.165, 1.54) is 30.4 Å². The van der Waals surface area contributed by atoms with E-state index >= 15 is 0 Å². The third kappa shape index (κ3) is 2.14. The highest BCUT2D eigenvalue weighted by Gasteiger charge is 2.38. The first-order valence-electron chi connectivity index (χ1n) is 7.11. The first-order chi connectivity index (χ1) is 8.56. The second kappa shape index (κ2) is 4.27. The molecule has 0 aromatic heterocycles. The highest BCUT2D eigenvalue weighted by molar-refractivity contribution is 5.41. The molecule has 1 unspecified atom stereocenters. The predicted molar refractivity (Wildman–Crippen MR) is 73.7 cm³/mol. The van der Waals surface area contributed by atoms with Crippen LogP contribution in [-0.2, 0) is 0 Å². The summed E-state index contributed by atoms with van der Waals surface area (Å²) in [6.07, 6.45) is 6.24. The van der Waals surface area contributed by atoms with Gasteiger partial charge in [0.25, 0.3) is 0 Å². The lowest BCUT2D eigenvalue weighted by atomic mass is 9.74. The third-order valence-electron chi connectivity index (χ3n) is 4.52. The largest absolute Gasteiger partial charge is 0.487 e. The fourth-order valence-corrected chi connectivity index (χ4v) is 3.37. The summed E-state index contributed by atoms with van der Waals surface area (Å²) in [4.78, 5) is 0. The molecule has 1 heterocycles. The molecule has 1 fully saturated rings. The zero-order valence-corrected chi connectivity index (χ0v) is 11.4. The molecule has 98 valence electrons. The van der Waals surface area contributed by atoms with Crippen molar-refractivity contribution in [3.05, 3.63) is 29.3 Å². The summed E-state index contributed by atoms with van der Waals surface area (Å²) in [5.41, 5.74) is 8.72. The number of hydrogen-bond donors (Lipinski definition) is 1. The van der Waals surface area contributed by atoms with Gasteiger partial charge in [0.15, 0.2) is 0 Å². The van der Waals surface area contributed by atoms with Crippen LogP contribution in [0.4, 0.5) is 0 Å². The Balaban J connectivity index is 1.83. The van der Waals surface area contributed by atoms with E-state index in [0.29, 0.717) is 0 Å². The van der Waals surface area contributed by atoms with E-state index in [9.17, 15) is 0 Å². The number of ether oxygens (including phenoxy) is 1. The van der Waals surface area contributed by atoms with Crippen molar-refractivity contribution in [3.8, 4) is 5.75 Å². The number of benzene rings is 1. The third-order valence-corrected chi connectivity index (χ3v) is 4.52. The van der Waals surface area contributed by atoms with Gasteiger partial charge in [-0.2, -0.15) is 0 Å². The zero-order valence-electron chi connectivity index (χ0n) is 11.4. The molecule has 1 aliphatic heterocycles. The fourth-order valence-electron chi connectivity index (χ4n) is 3.37. The zero-order chi connectivity index (χ0) is 12.8. The van der Waals surface area contributed by atoms with Crippen LogP contribution in [0.3, 0.4) is 0 Å². The molecular formula is C16H23NO. The summed E-state index contributed by atoms with van der Waals surface area (Å²) in [6, 6.07) is 6.49. The molecule has 3 rings (SSSR count). The van der Waals surface area contributed by atoms with Crippen LogP contribution < -0.4 is 10.5 Å². The van der Waals surface area contributed by atoms with Crippen LogP contribution in [0.15, 0.2) is 18.2 Å². The smallest absolute Gasteiger partial charge is 0.124 e. The van der Waals surface area contributed by atoms with Crippen molar-refractivity contribution in [2.24, 2.45) is 11.7 Å². The molecule has 1 aromatic rings. The maximum absolute atomic E-state index is 6.35. The Labute approximate surface area is 110 Å². The summed E-state index contributed by atoms with van der Waals surface area (Å²) in [7, 11) is 0. The Morgan fingerprint density at radius 2 is 2.17 bits per heavy atom. The number of fused-ring (bicyclic) bond motifs is 1. The topological polar surface area (TPSA) is 35.2 Å². The molecule has 0 saturated heterocycles. The Bertz CT molecular complexity index is 452. The summed E-state index contributed by atoms with van der Waals surface area (Å²) in [5.74, 6) is 1.86. The van der Waals surface area contributed by atoms with Gasteiger partial charge < -0.3 is 10.5 Å². The van der Waals surface area contributed by atoms with Gasteiger partial charge in [0.1, 0.15) is 11.4 Å².